The van der Waals surface area contributed by atoms with E-state index in [9.17, 15) is 0 Å². The number of H-pyrrole nitrogens is 1. The molecule has 0 bridgehead atoms. The molecule has 3 N–H and O–H groups in total. The summed E-state index contributed by atoms with van der Waals surface area (Å²) >= 11 is 1.66. The molecule has 0 fully saturated rings. The van der Waals surface area contributed by atoms with Crippen LogP contribution in [0.5, 0.6) is 0 Å². The van der Waals surface area contributed by atoms with Crippen LogP contribution < -0.4 is 10.6 Å². The van der Waals surface area contributed by atoms with Crippen LogP contribution in [-0.4, -0.2) is 29.5 Å². The Morgan fingerprint density at radius 3 is 2.69 bits per heavy atom. The van der Waals surface area contributed by atoms with E-state index in [2.05, 4.69) is 68.6 Å². The molecule has 0 aliphatic rings. The first-order chi connectivity index (χ1) is 13.8. The van der Waals surface area contributed by atoms with Crippen LogP contribution in [0.4, 0.5) is 0 Å². The number of fused-ring (bicyclic) bond motifs is 1. The fourth-order valence-electron chi connectivity index (χ4n) is 3.17. The lowest BCUT2D eigenvalue weighted by Gasteiger charge is -2.10. The Morgan fingerprint density at radius 1 is 1.07 bits per heavy atom. The van der Waals surface area contributed by atoms with Gasteiger partial charge in [-0.1, -0.05) is 48.5 Å². The normalized spacial score (nSPS) is 11.3. The monoisotopic (exact) mass is 517 g/mol. The van der Waals surface area contributed by atoms with Crippen LogP contribution in [-0.2, 0) is 13.0 Å². The lowest BCUT2D eigenvalue weighted by atomic mass is 10.1. The number of hydrogen-bond donors (Lipinski definition) is 3. The number of aromatic amines is 1. The molecule has 0 radical (unpaired) electrons. The van der Waals surface area contributed by atoms with Gasteiger partial charge < -0.3 is 15.6 Å². The number of para-hydroxylation sites is 1. The molecular weight excluding hydrogens is 493 g/mol. The molecule has 0 amide bonds. The fourth-order valence-corrected chi connectivity index (χ4v) is 3.91. The number of halogens is 1. The van der Waals surface area contributed by atoms with Crippen molar-refractivity contribution in [1.82, 2.24) is 20.6 Å². The van der Waals surface area contributed by atoms with Crippen LogP contribution in [0.1, 0.15) is 10.6 Å². The Labute approximate surface area is 191 Å². The van der Waals surface area contributed by atoms with E-state index in [4.69, 9.17) is 4.98 Å². The summed E-state index contributed by atoms with van der Waals surface area (Å²) in [5.74, 6) is 0.788. The lowest BCUT2D eigenvalue weighted by Crippen LogP contribution is -2.37. The number of nitrogens with zero attached hydrogens (tertiary/aromatic N) is 2. The van der Waals surface area contributed by atoms with Crippen molar-refractivity contribution < 1.29 is 0 Å². The van der Waals surface area contributed by atoms with Crippen molar-refractivity contribution >= 4 is 52.2 Å². The molecule has 4 aromatic rings. The zero-order valence-electron chi connectivity index (χ0n) is 16.2. The molecule has 2 heterocycles. The van der Waals surface area contributed by atoms with Gasteiger partial charge in [-0.2, -0.15) is 0 Å². The molecular formula is C22H24IN5S. The van der Waals surface area contributed by atoms with Crippen molar-refractivity contribution in [2.75, 3.05) is 13.6 Å². The largest absolute Gasteiger partial charge is 0.361 e. The minimum atomic E-state index is 0. The van der Waals surface area contributed by atoms with E-state index in [0.29, 0.717) is 6.54 Å². The van der Waals surface area contributed by atoms with Gasteiger partial charge in [-0.3, -0.25) is 4.99 Å². The third-order valence-corrected chi connectivity index (χ3v) is 5.46. The van der Waals surface area contributed by atoms with Crippen LogP contribution >= 0.6 is 35.3 Å². The number of guanidine groups is 1. The molecule has 0 saturated carbocycles. The molecule has 0 saturated heterocycles. The summed E-state index contributed by atoms with van der Waals surface area (Å²) in [7, 11) is 1.79. The number of rotatable bonds is 6. The average molecular weight is 517 g/mol. The SMILES string of the molecule is CN=C(NCCc1c[nH]c2ccccc12)NCc1nc(-c2ccccc2)cs1.I. The van der Waals surface area contributed by atoms with Crippen LogP contribution in [0.15, 0.2) is 71.2 Å². The van der Waals surface area contributed by atoms with Crippen molar-refractivity contribution in [3.8, 4) is 11.3 Å². The molecule has 5 nitrogen and oxygen atoms in total. The van der Waals surface area contributed by atoms with E-state index in [1.54, 1.807) is 18.4 Å². The molecule has 0 aliphatic heterocycles. The van der Waals surface area contributed by atoms with Crippen molar-refractivity contribution in [3.63, 3.8) is 0 Å². The summed E-state index contributed by atoms with van der Waals surface area (Å²) in [6.07, 6.45) is 3.02. The third-order valence-electron chi connectivity index (χ3n) is 4.61. The van der Waals surface area contributed by atoms with Crippen molar-refractivity contribution in [1.29, 1.82) is 0 Å². The number of aromatic nitrogens is 2. The average Bonchev–Trinajstić information content (AvgIpc) is 3.39. The van der Waals surface area contributed by atoms with Crippen molar-refractivity contribution in [3.05, 3.63) is 76.7 Å². The summed E-state index contributed by atoms with van der Waals surface area (Å²) in [5, 5.41) is 11.1. The maximum atomic E-state index is 4.71. The number of aliphatic imine (C=N–C) groups is 1. The summed E-state index contributed by atoms with van der Waals surface area (Å²) in [6.45, 7) is 1.47. The lowest BCUT2D eigenvalue weighted by molar-refractivity contribution is 0.794. The minimum Gasteiger partial charge on any atom is -0.361 e. The fraction of sp³-hybridized carbons (Fsp3) is 0.182. The molecule has 2 aromatic heterocycles. The maximum Gasteiger partial charge on any atom is 0.191 e. The van der Waals surface area contributed by atoms with Crippen molar-refractivity contribution in [2.45, 2.75) is 13.0 Å². The van der Waals surface area contributed by atoms with Crippen LogP contribution in [0, 0.1) is 0 Å². The number of nitrogens with one attached hydrogen (secondary N) is 3. The molecule has 29 heavy (non-hydrogen) atoms. The van der Waals surface area contributed by atoms with Gasteiger partial charge in [0.1, 0.15) is 5.01 Å². The van der Waals surface area contributed by atoms with Gasteiger partial charge in [-0.15, -0.1) is 35.3 Å². The standard InChI is InChI=1S/C22H23N5S.HI/c1-23-22(24-12-11-17-13-25-19-10-6-5-9-18(17)19)26-14-21-27-20(15-28-21)16-7-3-2-4-8-16;/h2-10,13,15,25H,11-12,14H2,1H3,(H2,23,24,26);1H. The van der Waals surface area contributed by atoms with E-state index in [-0.39, 0.29) is 24.0 Å². The van der Waals surface area contributed by atoms with Crippen LogP contribution in [0.25, 0.3) is 22.2 Å². The quantitative estimate of drug-likeness (QED) is 0.195. The second kappa shape index (κ2) is 10.4. The Balaban J connectivity index is 0.00000240. The number of benzene rings is 2. The highest BCUT2D eigenvalue weighted by Crippen LogP contribution is 2.21. The molecule has 0 unspecified atom stereocenters. The van der Waals surface area contributed by atoms with Gasteiger partial charge in [0, 0.05) is 41.6 Å². The highest BCUT2D eigenvalue weighted by Gasteiger charge is 2.06. The van der Waals surface area contributed by atoms with E-state index in [1.165, 1.54) is 16.5 Å². The van der Waals surface area contributed by atoms with Gasteiger partial charge >= 0.3 is 0 Å². The summed E-state index contributed by atoms with van der Waals surface area (Å²) in [4.78, 5) is 12.3. The topological polar surface area (TPSA) is 65.1 Å². The highest BCUT2D eigenvalue weighted by molar-refractivity contribution is 14.0. The predicted octanol–water partition coefficient (Wildman–Crippen LogP) is 4.82. The molecule has 4 rings (SSSR count). The first-order valence-electron chi connectivity index (χ1n) is 9.33. The van der Waals surface area contributed by atoms with Gasteiger partial charge in [0.2, 0.25) is 0 Å². The minimum absolute atomic E-state index is 0. The molecule has 0 spiro atoms. The Kier molecular flexibility index (Phi) is 7.65. The molecule has 2 aromatic carbocycles. The van der Waals surface area contributed by atoms with Gasteiger partial charge in [-0.25, -0.2) is 4.98 Å². The highest BCUT2D eigenvalue weighted by atomic mass is 127. The summed E-state index contributed by atoms with van der Waals surface area (Å²) in [5.41, 5.74) is 4.65. The van der Waals surface area contributed by atoms with Crippen LogP contribution in [0.3, 0.4) is 0 Å². The van der Waals surface area contributed by atoms with E-state index in [0.717, 1.165) is 35.2 Å². The van der Waals surface area contributed by atoms with E-state index >= 15 is 0 Å². The molecule has 0 aliphatic carbocycles. The summed E-state index contributed by atoms with van der Waals surface area (Å²) in [6, 6.07) is 18.6. The maximum absolute atomic E-state index is 4.71. The van der Waals surface area contributed by atoms with Gasteiger partial charge in [-0.05, 0) is 18.1 Å². The second-order valence-electron chi connectivity index (χ2n) is 6.45. The Hall–Kier alpha value is -2.39. The molecule has 7 heteroatoms. The van der Waals surface area contributed by atoms with Crippen LogP contribution in [0.2, 0.25) is 0 Å². The van der Waals surface area contributed by atoms with Gasteiger partial charge in [0.15, 0.2) is 5.96 Å². The Bertz CT molecular complexity index is 1070. The predicted molar refractivity (Wildman–Crippen MR) is 133 cm³/mol. The first-order valence-corrected chi connectivity index (χ1v) is 10.2. The molecule has 0 atom stereocenters. The second-order valence-corrected chi connectivity index (χ2v) is 7.40. The van der Waals surface area contributed by atoms with Gasteiger partial charge in [0.25, 0.3) is 0 Å². The number of thiazole rings is 1. The zero-order chi connectivity index (χ0) is 19.2. The zero-order valence-corrected chi connectivity index (χ0v) is 19.3. The van der Waals surface area contributed by atoms with E-state index in [1.807, 2.05) is 18.2 Å². The van der Waals surface area contributed by atoms with Gasteiger partial charge in [0.05, 0.1) is 12.2 Å². The Morgan fingerprint density at radius 2 is 1.86 bits per heavy atom. The smallest absolute Gasteiger partial charge is 0.191 e. The summed E-state index contributed by atoms with van der Waals surface area (Å²) < 4.78 is 0. The number of hydrogen-bond acceptors (Lipinski definition) is 3. The first kappa shape index (κ1) is 21.3. The third kappa shape index (κ3) is 5.36. The molecule has 150 valence electrons. The van der Waals surface area contributed by atoms with Crippen molar-refractivity contribution in [2.24, 2.45) is 4.99 Å². The van der Waals surface area contributed by atoms with E-state index < -0.39 is 0 Å².